The third-order valence-electron chi connectivity index (χ3n) is 3.79. The first-order chi connectivity index (χ1) is 12.3. The lowest BCUT2D eigenvalue weighted by molar-refractivity contribution is -0.139. The van der Waals surface area contributed by atoms with E-state index in [1.165, 1.54) is 6.07 Å². The molecule has 1 unspecified atom stereocenters. The van der Waals surface area contributed by atoms with Crippen LogP contribution in [-0.4, -0.2) is 24.3 Å². The third kappa shape index (κ3) is 3.63. The van der Waals surface area contributed by atoms with Crippen LogP contribution in [0, 0.1) is 11.3 Å². The fourth-order valence-corrected chi connectivity index (χ4v) is 3.28. The van der Waals surface area contributed by atoms with Crippen molar-refractivity contribution in [2.75, 3.05) is 13.2 Å². The molecule has 0 saturated carbocycles. The number of hydrogen-bond donors (Lipinski definition) is 2. The summed E-state index contributed by atoms with van der Waals surface area (Å²) in [4.78, 5) is 12.5. The molecule has 1 aliphatic heterocycles. The molecule has 8 heteroatoms. The molecule has 7 nitrogen and oxygen atoms in total. The monoisotopic (exact) mass is 422 g/mol. The first kappa shape index (κ1) is 19.7. The van der Waals surface area contributed by atoms with Gasteiger partial charge in [-0.25, -0.2) is 4.79 Å². The number of ether oxygens (including phenoxy) is 3. The van der Waals surface area contributed by atoms with Gasteiger partial charge in [-0.3, -0.25) is 0 Å². The lowest BCUT2D eigenvalue weighted by Gasteiger charge is -2.27. The van der Waals surface area contributed by atoms with Crippen LogP contribution in [0.3, 0.4) is 0 Å². The van der Waals surface area contributed by atoms with Gasteiger partial charge >= 0.3 is 5.97 Å². The van der Waals surface area contributed by atoms with E-state index in [0.717, 1.165) is 0 Å². The average Bonchev–Trinajstić information content (AvgIpc) is 2.57. The second kappa shape index (κ2) is 8.15. The van der Waals surface area contributed by atoms with E-state index in [9.17, 15) is 15.2 Å². The van der Waals surface area contributed by atoms with E-state index in [2.05, 4.69) is 15.9 Å². The fraction of sp³-hybridized carbons (Fsp3) is 0.333. The Labute approximate surface area is 159 Å². The van der Waals surface area contributed by atoms with E-state index in [4.69, 9.17) is 19.9 Å². The number of phenolic OH excluding ortho intramolecular Hbond substituents is 1. The number of allylic oxidation sites excluding steroid dienone is 2. The second-order valence-electron chi connectivity index (χ2n) is 5.39. The Kier molecular flexibility index (Phi) is 6.16. The van der Waals surface area contributed by atoms with Crippen molar-refractivity contribution in [1.29, 1.82) is 5.26 Å². The van der Waals surface area contributed by atoms with Crippen LogP contribution in [0.4, 0.5) is 0 Å². The molecule has 0 fully saturated rings. The van der Waals surface area contributed by atoms with Crippen molar-refractivity contribution >= 4 is 21.9 Å². The minimum Gasteiger partial charge on any atom is -0.504 e. The predicted molar refractivity (Wildman–Crippen MR) is 97.0 cm³/mol. The summed E-state index contributed by atoms with van der Waals surface area (Å²) >= 11 is 3.38. The first-order valence-electron chi connectivity index (χ1n) is 7.96. The molecule has 1 aliphatic rings. The molecule has 1 aromatic carbocycles. The Morgan fingerprint density at radius 2 is 2.12 bits per heavy atom. The van der Waals surface area contributed by atoms with Crippen molar-refractivity contribution in [3.05, 3.63) is 45.0 Å². The molecule has 0 aromatic heterocycles. The molecule has 0 spiro atoms. The molecule has 138 valence electrons. The van der Waals surface area contributed by atoms with Crippen LogP contribution in [0.2, 0.25) is 0 Å². The van der Waals surface area contributed by atoms with Gasteiger partial charge in [-0.1, -0.05) is 15.9 Å². The highest BCUT2D eigenvalue weighted by Crippen LogP contribution is 2.45. The van der Waals surface area contributed by atoms with Crippen LogP contribution in [0.1, 0.15) is 32.3 Å². The van der Waals surface area contributed by atoms with Gasteiger partial charge in [0.2, 0.25) is 5.88 Å². The quantitative estimate of drug-likeness (QED) is 0.699. The van der Waals surface area contributed by atoms with Crippen LogP contribution in [0.5, 0.6) is 11.5 Å². The maximum atomic E-state index is 12.5. The number of hydrogen-bond acceptors (Lipinski definition) is 7. The van der Waals surface area contributed by atoms with Crippen LogP contribution >= 0.6 is 15.9 Å². The summed E-state index contributed by atoms with van der Waals surface area (Å²) in [6.45, 7) is 5.56. The van der Waals surface area contributed by atoms with Crippen molar-refractivity contribution in [2.24, 2.45) is 5.73 Å². The molecule has 3 N–H and O–H groups in total. The number of carbonyl (C=O) groups excluding carboxylic acids is 1. The van der Waals surface area contributed by atoms with Gasteiger partial charge in [0, 0.05) is 4.47 Å². The normalized spacial score (nSPS) is 16.8. The molecular formula is C18H19BrN2O5. The van der Waals surface area contributed by atoms with E-state index >= 15 is 0 Å². The molecule has 0 saturated heterocycles. The standard InChI is InChI=1S/C18H19BrN2O5/c1-4-24-14-6-10(12(19)7-13(14)22)16-11(8-20)17(21)26-9(3)15(16)18(23)25-5-2/h6-7,16,22H,4-5,21H2,1-3H3. The number of rotatable bonds is 5. The van der Waals surface area contributed by atoms with Gasteiger partial charge in [-0.2, -0.15) is 5.26 Å². The van der Waals surface area contributed by atoms with Gasteiger partial charge in [0.1, 0.15) is 17.4 Å². The highest BCUT2D eigenvalue weighted by atomic mass is 79.9. The second-order valence-corrected chi connectivity index (χ2v) is 6.24. The summed E-state index contributed by atoms with van der Waals surface area (Å²) in [5, 5.41) is 19.6. The lowest BCUT2D eigenvalue weighted by atomic mass is 9.83. The summed E-state index contributed by atoms with van der Waals surface area (Å²) in [5.41, 5.74) is 6.65. The van der Waals surface area contributed by atoms with Gasteiger partial charge in [0.05, 0.1) is 24.7 Å². The van der Waals surface area contributed by atoms with E-state index in [1.807, 2.05) is 6.07 Å². The zero-order chi connectivity index (χ0) is 19.4. The number of nitrogens with two attached hydrogens (primary N) is 1. The highest BCUT2D eigenvalue weighted by molar-refractivity contribution is 9.10. The van der Waals surface area contributed by atoms with Crippen molar-refractivity contribution in [3.63, 3.8) is 0 Å². The number of halogens is 1. The molecule has 1 atom stereocenters. The Morgan fingerprint density at radius 3 is 2.69 bits per heavy atom. The van der Waals surface area contributed by atoms with Crippen LogP contribution in [0.15, 0.2) is 39.4 Å². The van der Waals surface area contributed by atoms with Crippen molar-refractivity contribution in [1.82, 2.24) is 0 Å². The minimum absolute atomic E-state index is 0.0663. The number of carbonyl (C=O) groups is 1. The SMILES string of the molecule is CCOC(=O)C1=C(C)OC(N)=C(C#N)C1c1cc(OCC)c(O)cc1Br. The summed E-state index contributed by atoms with van der Waals surface area (Å²) in [5.74, 6) is -1.09. The van der Waals surface area contributed by atoms with Gasteiger partial charge in [0.25, 0.3) is 0 Å². The predicted octanol–water partition coefficient (Wildman–Crippen LogP) is 3.20. The number of nitrogens with zero attached hydrogens (tertiary/aromatic N) is 1. The summed E-state index contributed by atoms with van der Waals surface area (Å²) in [6, 6.07) is 5.02. The maximum Gasteiger partial charge on any atom is 0.338 e. The lowest BCUT2D eigenvalue weighted by Crippen LogP contribution is -2.25. The molecule has 1 aromatic rings. The van der Waals surface area contributed by atoms with Gasteiger partial charge in [-0.05, 0) is 38.5 Å². The smallest absolute Gasteiger partial charge is 0.338 e. The summed E-state index contributed by atoms with van der Waals surface area (Å²) in [6.07, 6.45) is 0. The average molecular weight is 423 g/mol. The van der Waals surface area contributed by atoms with E-state index in [-0.39, 0.29) is 40.9 Å². The number of nitriles is 1. The Bertz CT molecular complexity index is 839. The highest BCUT2D eigenvalue weighted by Gasteiger charge is 2.37. The first-order valence-corrected chi connectivity index (χ1v) is 8.75. The zero-order valence-electron chi connectivity index (χ0n) is 14.6. The summed E-state index contributed by atoms with van der Waals surface area (Å²) < 4.78 is 16.4. The molecule has 0 amide bonds. The number of esters is 1. The number of aromatic hydroxyl groups is 1. The van der Waals surface area contributed by atoms with Crippen LogP contribution in [-0.2, 0) is 14.3 Å². The maximum absolute atomic E-state index is 12.5. The van der Waals surface area contributed by atoms with E-state index < -0.39 is 11.9 Å². The van der Waals surface area contributed by atoms with Crippen molar-refractivity contribution in [2.45, 2.75) is 26.7 Å². The van der Waals surface area contributed by atoms with Gasteiger partial charge in [-0.15, -0.1) is 0 Å². The zero-order valence-corrected chi connectivity index (χ0v) is 16.2. The molecule has 2 rings (SSSR count). The number of benzene rings is 1. The molecule has 0 radical (unpaired) electrons. The molecule has 1 heterocycles. The van der Waals surface area contributed by atoms with E-state index in [0.29, 0.717) is 16.6 Å². The van der Waals surface area contributed by atoms with E-state index in [1.54, 1.807) is 26.8 Å². The Morgan fingerprint density at radius 1 is 1.42 bits per heavy atom. The Balaban J connectivity index is 2.71. The van der Waals surface area contributed by atoms with Crippen LogP contribution in [0.25, 0.3) is 0 Å². The molecular weight excluding hydrogens is 404 g/mol. The summed E-state index contributed by atoms with van der Waals surface area (Å²) in [7, 11) is 0. The minimum atomic E-state index is -0.818. The van der Waals surface area contributed by atoms with Gasteiger partial charge in [0.15, 0.2) is 11.5 Å². The van der Waals surface area contributed by atoms with Crippen molar-refractivity contribution < 1.29 is 24.1 Å². The Hall–Kier alpha value is -2.66. The molecule has 0 bridgehead atoms. The molecule has 26 heavy (non-hydrogen) atoms. The van der Waals surface area contributed by atoms with Gasteiger partial charge < -0.3 is 25.1 Å². The molecule has 0 aliphatic carbocycles. The topological polar surface area (TPSA) is 115 Å². The van der Waals surface area contributed by atoms with Crippen molar-refractivity contribution in [3.8, 4) is 17.6 Å². The third-order valence-corrected chi connectivity index (χ3v) is 4.48. The van der Waals surface area contributed by atoms with Crippen LogP contribution < -0.4 is 10.5 Å². The largest absolute Gasteiger partial charge is 0.504 e. The number of phenols is 1. The fourth-order valence-electron chi connectivity index (χ4n) is 2.72.